The molecule has 0 bridgehead atoms. The number of amidine groups is 1. The maximum Gasteiger partial charge on any atom is 0.328 e. The third-order valence-electron chi connectivity index (χ3n) is 6.17. The summed E-state index contributed by atoms with van der Waals surface area (Å²) in [5.74, 6) is -4.11. The fourth-order valence-electron chi connectivity index (χ4n) is 4.46. The molecule has 2 atom stereocenters. The average molecular weight is 476 g/mol. The third-order valence-corrected chi connectivity index (χ3v) is 6.17. The molecule has 2 aromatic carbocycles. The van der Waals surface area contributed by atoms with Gasteiger partial charge in [-0.15, -0.1) is 0 Å². The molecule has 0 saturated carbocycles. The topological polar surface area (TPSA) is 161 Å². The highest BCUT2D eigenvalue weighted by molar-refractivity contribution is 6.05. The minimum absolute atomic E-state index is 0.0816. The van der Waals surface area contributed by atoms with E-state index in [1.165, 1.54) is 0 Å². The summed E-state index contributed by atoms with van der Waals surface area (Å²) in [5, 5.41) is 19.7. The molecule has 3 amide bonds. The van der Waals surface area contributed by atoms with Crippen molar-refractivity contribution in [2.45, 2.75) is 32.2 Å². The Hall–Kier alpha value is -4.47. The smallest absolute Gasteiger partial charge is 0.328 e. The summed E-state index contributed by atoms with van der Waals surface area (Å²) in [5.41, 5.74) is 8.22. The van der Waals surface area contributed by atoms with Crippen LogP contribution in [0.3, 0.4) is 0 Å². The molecule has 3 aromatic rings. The van der Waals surface area contributed by atoms with Crippen LogP contribution in [-0.2, 0) is 32.0 Å². The number of nitrogen functional groups attached to an aromatic ring is 1. The van der Waals surface area contributed by atoms with Crippen LogP contribution in [0.15, 0.2) is 54.7 Å². The fourth-order valence-corrected chi connectivity index (χ4v) is 4.46. The number of aromatic amines is 1. The number of rotatable bonds is 8. The van der Waals surface area contributed by atoms with Gasteiger partial charge in [-0.3, -0.25) is 19.8 Å². The Morgan fingerprint density at radius 3 is 2.51 bits per heavy atom. The number of fused-ring (bicyclic) bond motifs is 1. The molecule has 35 heavy (non-hydrogen) atoms. The molecular formula is C25H25N5O5. The van der Waals surface area contributed by atoms with Crippen molar-refractivity contribution in [1.29, 1.82) is 5.41 Å². The van der Waals surface area contributed by atoms with Gasteiger partial charge in [0.2, 0.25) is 11.8 Å². The summed E-state index contributed by atoms with van der Waals surface area (Å²) in [6.45, 7) is 1.14. The van der Waals surface area contributed by atoms with E-state index in [1.54, 1.807) is 30.5 Å². The summed E-state index contributed by atoms with van der Waals surface area (Å²) < 4.78 is 0. The van der Waals surface area contributed by atoms with Crippen molar-refractivity contribution in [3.8, 4) is 0 Å². The molecule has 5 N–H and O–H groups in total. The van der Waals surface area contributed by atoms with Crippen LogP contribution in [-0.4, -0.2) is 55.7 Å². The van der Waals surface area contributed by atoms with Gasteiger partial charge in [-0.25, -0.2) is 9.80 Å². The lowest BCUT2D eigenvalue weighted by molar-refractivity contribution is -0.177. The number of H-pyrrole nitrogens is 1. The van der Waals surface area contributed by atoms with Crippen molar-refractivity contribution in [1.82, 2.24) is 15.0 Å². The second-order valence-electron chi connectivity index (χ2n) is 8.54. The zero-order chi connectivity index (χ0) is 25.3. The molecule has 1 aromatic heterocycles. The van der Waals surface area contributed by atoms with E-state index in [1.807, 2.05) is 24.3 Å². The minimum atomic E-state index is -1.45. The van der Waals surface area contributed by atoms with Gasteiger partial charge in [-0.1, -0.05) is 42.5 Å². The molecule has 4 rings (SSSR count). The normalized spacial score (nSPS) is 16.5. The molecule has 1 saturated heterocycles. The van der Waals surface area contributed by atoms with Crippen molar-refractivity contribution in [3.05, 3.63) is 71.4 Å². The van der Waals surface area contributed by atoms with Crippen molar-refractivity contribution < 1.29 is 24.3 Å². The first-order valence-electron chi connectivity index (χ1n) is 11.0. The van der Waals surface area contributed by atoms with Crippen LogP contribution >= 0.6 is 0 Å². The van der Waals surface area contributed by atoms with Gasteiger partial charge in [0.25, 0.3) is 5.91 Å². The first-order chi connectivity index (χ1) is 16.7. The molecule has 1 fully saturated rings. The Balaban J connectivity index is 1.59. The van der Waals surface area contributed by atoms with E-state index in [-0.39, 0.29) is 25.1 Å². The van der Waals surface area contributed by atoms with Crippen LogP contribution in [0.4, 0.5) is 0 Å². The number of hydrogen-bond acceptors (Lipinski definition) is 5. The predicted octanol–water partition coefficient (Wildman–Crippen LogP) is 1.83. The van der Waals surface area contributed by atoms with Crippen LogP contribution in [0, 0.1) is 11.3 Å². The lowest BCUT2D eigenvalue weighted by atomic mass is 9.97. The van der Waals surface area contributed by atoms with Gasteiger partial charge in [0.1, 0.15) is 5.84 Å². The summed E-state index contributed by atoms with van der Waals surface area (Å²) >= 11 is 0. The van der Waals surface area contributed by atoms with Gasteiger partial charge in [0.15, 0.2) is 6.04 Å². The second-order valence-corrected chi connectivity index (χ2v) is 8.54. The van der Waals surface area contributed by atoms with Crippen LogP contribution in [0.2, 0.25) is 0 Å². The zero-order valence-corrected chi connectivity index (χ0v) is 19.0. The summed E-state index contributed by atoms with van der Waals surface area (Å²) in [7, 11) is 0. The lowest BCUT2D eigenvalue weighted by Gasteiger charge is -2.34. The quantitative estimate of drug-likeness (QED) is 0.221. The SMILES string of the molecule is CC(=O)N([C@@H](Cc1c[nH]c2ccccc12)C(=O)O)N1C(=O)CC(Cc2ccc(C(=N)N)cc2)C1=O. The molecule has 0 radical (unpaired) electrons. The van der Waals surface area contributed by atoms with Gasteiger partial charge in [-0.2, -0.15) is 5.01 Å². The van der Waals surface area contributed by atoms with Gasteiger partial charge >= 0.3 is 5.97 Å². The Labute approximate surface area is 200 Å². The van der Waals surface area contributed by atoms with E-state index in [0.717, 1.165) is 28.4 Å². The molecule has 10 nitrogen and oxygen atoms in total. The molecule has 10 heteroatoms. The molecule has 1 aliphatic rings. The van der Waals surface area contributed by atoms with E-state index < -0.39 is 35.7 Å². The Bertz CT molecular complexity index is 1330. The Kier molecular flexibility index (Phi) is 6.37. The number of amides is 3. The molecular weight excluding hydrogens is 450 g/mol. The summed E-state index contributed by atoms with van der Waals surface area (Å²) in [4.78, 5) is 54.1. The van der Waals surface area contributed by atoms with E-state index >= 15 is 0 Å². The maximum absolute atomic E-state index is 13.2. The van der Waals surface area contributed by atoms with Crippen LogP contribution < -0.4 is 5.73 Å². The monoisotopic (exact) mass is 475 g/mol. The number of carbonyl (C=O) groups is 4. The Morgan fingerprint density at radius 2 is 1.89 bits per heavy atom. The van der Waals surface area contributed by atoms with Crippen LogP contribution in [0.25, 0.3) is 10.9 Å². The first kappa shape index (κ1) is 23.7. The van der Waals surface area contributed by atoms with Crippen molar-refractivity contribution >= 4 is 40.4 Å². The number of nitrogens with zero attached hydrogens (tertiary/aromatic N) is 2. The molecule has 0 aliphatic carbocycles. The maximum atomic E-state index is 13.2. The highest BCUT2D eigenvalue weighted by Crippen LogP contribution is 2.28. The highest BCUT2D eigenvalue weighted by atomic mass is 16.4. The van der Waals surface area contributed by atoms with E-state index in [2.05, 4.69) is 4.98 Å². The first-order valence-corrected chi connectivity index (χ1v) is 11.0. The van der Waals surface area contributed by atoms with Gasteiger partial charge in [0, 0.05) is 42.4 Å². The number of benzene rings is 2. The van der Waals surface area contributed by atoms with Crippen LogP contribution in [0.1, 0.15) is 30.0 Å². The molecule has 1 unspecified atom stereocenters. The zero-order valence-electron chi connectivity index (χ0n) is 19.0. The summed E-state index contributed by atoms with van der Waals surface area (Å²) in [6, 6.07) is 12.6. The third kappa shape index (κ3) is 4.63. The van der Waals surface area contributed by atoms with Gasteiger partial charge < -0.3 is 15.8 Å². The number of carboxylic acids is 1. The number of nitrogens with two attached hydrogens (primary N) is 1. The van der Waals surface area contributed by atoms with Gasteiger partial charge in [0.05, 0.1) is 5.92 Å². The van der Waals surface area contributed by atoms with E-state index in [4.69, 9.17) is 11.1 Å². The molecule has 2 heterocycles. The van der Waals surface area contributed by atoms with Crippen LogP contribution in [0.5, 0.6) is 0 Å². The molecule has 180 valence electrons. The fraction of sp³-hybridized carbons (Fsp3) is 0.240. The number of nitrogens with one attached hydrogen (secondary N) is 2. The standard InChI is InChI=1S/C25H25N5O5/c1-14(31)29(21(25(34)35)11-18-13-28-20-5-3-2-4-19(18)20)30-22(32)12-17(24(30)33)10-15-6-8-16(9-7-15)23(26)27/h2-9,13,17,21,28H,10-12H2,1H3,(H3,26,27)(H,34,35)/t17?,21-/m0/s1. The van der Waals surface area contributed by atoms with Crippen molar-refractivity contribution in [2.24, 2.45) is 11.7 Å². The average Bonchev–Trinajstić information content (AvgIpc) is 3.34. The lowest BCUT2D eigenvalue weighted by Crippen LogP contribution is -2.57. The largest absolute Gasteiger partial charge is 0.480 e. The number of hydrogen-bond donors (Lipinski definition) is 4. The predicted molar refractivity (Wildman–Crippen MR) is 127 cm³/mol. The van der Waals surface area contributed by atoms with E-state index in [0.29, 0.717) is 16.1 Å². The highest BCUT2D eigenvalue weighted by Gasteiger charge is 2.46. The number of hydrazine groups is 1. The van der Waals surface area contributed by atoms with E-state index in [9.17, 15) is 24.3 Å². The number of imide groups is 1. The van der Waals surface area contributed by atoms with Crippen molar-refractivity contribution in [2.75, 3.05) is 0 Å². The summed E-state index contributed by atoms with van der Waals surface area (Å²) in [6.07, 6.45) is 1.66. The molecule has 1 aliphatic heterocycles. The second kappa shape index (κ2) is 9.41. The van der Waals surface area contributed by atoms with Crippen molar-refractivity contribution in [3.63, 3.8) is 0 Å². The number of carboxylic acid groups (broad SMARTS) is 1. The number of aromatic nitrogens is 1. The minimum Gasteiger partial charge on any atom is -0.480 e. The van der Waals surface area contributed by atoms with Gasteiger partial charge in [-0.05, 0) is 23.6 Å². The number of carbonyl (C=O) groups excluding carboxylic acids is 3. The Morgan fingerprint density at radius 1 is 1.20 bits per heavy atom. The number of para-hydroxylation sites is 1. The molecule has 0 spiro atoms. The number of aliphatic carboxylic acids is 1.